The third kappa shape index (κ3) is 2.19. The van der Waals surface area contributed by atoms with Crippen molar-refractivity contribution >= 4 is 39.6 Å². The van der Waals surface area contributed by atoms with Gasteiger partial charge in [-0.3, -0.25) is 0 Å². The molecule has 3 aromatic rings. The standard InChI is InChI=1S/C13H8IN3O2/c14-9-2-1-3-10(7-9)17-12-5-4-8(13(18)19)6-11(12)15-16-17/h1-7H,(H,18,19). The minimum Gasteiger partial charge on any atom is -0.478 e. The number of carboxylic acid groups (broad SMARTS) is 1. The molecule has 0 amide bonds. The number of carboxylic acids is 1. The van der Waals surface area contributed by atoms with Crippen molar-refractivity contribution in [3.63, 3.8) is 0 Å². The van der Waals surface area contributed by atoms with Crippen molar-refractivity contribution in [2.45, 2.75) is 0 Å². The lowest BCUT2D eigenvalue weighted by molar-refractivity contribution is 0.0697. The predicted molar refractivity (Wildman–Crippen MR) is 78.5 cm³/mol. The zero-order chi connectivity index (χ0) is 13.4. The van der Waals surface area contributed by atoms with Crippen LogP contribution in [0.4, 0.5) is 0 Å². The van der Waals surface area contributed by atoms with Crippen LogP contribution in [-0.4, -0.2) is 26.1 Å². The highest BCUT2D eigenvalue weighted by molar-refractivity contribution is 14.1. The van der Waals surface area contributed by atoms with E-state index in [0.29, 0.717) is 5.52 Å². The second-order valence-electron chi connectivity index (χ2n) is 3.99. The number of fused-ring (bicyclic) bond motifs is 1. The predicted octanol–water partition coefficient (Wildman–Crippen LogP) is 2.72. The van der Waals surface area contributed by atoms with Gasteiger partial charge < -0.3 is 5.11 Å². The highest BCUT2D eigenvalue weighted by Gasteiger charge is 2.10. The Morgan fingerprint density at radius 2 is 2.05 bits per heavy atom. The van der Waals surface area contributed by atoms with Gasteiger partial charge in [-0.25, -0.2) is 9.48 Å². The molecule has 0 radical (unpaired) electrons. The fourth-order valence-corrected chi connectivity index (χ4v) is 2.38. The molecule has 1 heterocycles. The topological polar surface area (TPSA) is 68.0 Å². The molecule has 2 aromatic carbocycles. The van der Waals surface area contributed by atoms with Gasteiger partial charge in [0.05, 0.1) is 16.8 Å². The summed E-state index contributed by atoms with van der Waals surface area (Å²) in [5, 5.41) is 17.0. The van der Waals surface area contributed by atoms with Crippen molar-refractivity contribution in [1.29, 1.82) is 0 Å². The molecule has 0 atom stereocenters. The number of hydrogen-bond acceptors (Lipinski definition) is 3. The van der Waals surface area contributed by atoms with Gasteiger partial charge in [-0.15, -0.1) is 5.10 Å². The van der Waals surface area contributed by atoms with Crippen LogP contribution in [0.15, 0.2) is 42.5 Å². The minimum atomic E-state index is -0.967. The van der Waals surface area contributed by atoms with E-state index in [-0.39, 0.29) is 5.56 Å². The average molecular weight is 365 g/mol. The monoisotopic (exact) mass is 365 g/mol. The molecule has 94 valence electrons. The smallest absolute Gasteiger partial charge is 0.335 e. The highest BCUT2D eigenvalue weighted by Crippen LogP contribution is 2.19. The molecule has 19 heavy (non-hydrogen) atoms. The summed E-state index contributed by atoms with van der Waals surface area (Å²) in [4.78, 5) is 10.9. The molecule has 0 aliphatic heterocycles. The summed E-state index contributed by atoms with van der Waals surface area (Å²) in [6.45, 7) is 0. The summed E-state index contributed by atoms with van der Waals surface area (Å²) in [7, 11) is 0. The van der Waals surface area contributed by atoms with Crippen LogP contribution in [-0.2, 0) is 0 Å². The van der Waals surface area contributed by atoms with Crippen molar-refractivity contribution in [3.8, 4) is 5.69 Å². The zero-order valence-electron chi connectivity index (χ0n) is 9.62. The molecule has 0 saturated heterocycles. The van der Waals surface area contributed by atoms with E-state index in [1.165, 1.54) is 6.07 Å². The Balaban J connectivity index is 2.18. The molecule has 6 heteroatoms. The fourth-order valence-electron chi connectivity index (χ4n) is 1.86. The van der Waals surface area contributed by atoms with Crippen LogP contribution in [0.1, 0.15) is 10.4 Å². The summed E-state index contributed by atoms with van der Waals surface area (Å²) in [5.41, 5.74) is 2.46. The fraction of sp³-hybridized carbons (Fsp3) is 0. The summed E-state index contributed by atoms with van der Waals surface area (Å²) >= 11 is 2.23. The average Bonchev–Trinajstić information content (AvgIpc) is 2.81. The Morgan fingerprint density at radius 1 is 1.21 bits per heavy atom. The van der Waals surface area contributed by atoms with Crippen molar-refractivity contribution in [3.05, 3.63) is 51.6 Å². The Morgan fingerprint density at radius 3 is 2.79 bits per heavy atom. The molecule has 1 aromatic heterocycles. The molecule has 0 unspecified atom stereocenters. The van der Waals surface area contributed by atoms with Gasteiger partial charge in [-0.1, -0.05) is 11.3 Å². The molecule has 0 aliphatic carbocycles. The van der Waals surface area contributed by atoms with Crippen LogP contribution in [0, 0.1) is 3.57 Å². The summed E-state index contributed by atoms with van der Waals surface area (Å²) in [5.74, 6) is -0.967. The van der Waals surface area contributed by atoms with Crippen molar-refractivity contribution in [2.24, 2.45) is 0 Å². The second-order valence-corrected chi connectivity index (χ2v) is 5.24. The van der Waals surface area contributed by atoms with Crippen LogP contribution in [0.5, 0.6) is 0 Å². The first kappa shape index (κ1) is 12.1. The van der Waals surface area contributed by atoms with Crippen LogP contribution < -0.4 is 0 Å². The SMILES string of the molecule is O=C(O)c1ccc2c(c1)nnn2-c1cccc(I)c1. The maximum atomic E-state index is 10.9. The van der Waals surface area contributed by atoms with Gasteiger partial charge in [0.25, 0.3) is 0 Å². The normalized spacial score (nSPS) is 10.8. The first-order valence-electron chi connectivity index (χ1n) is 5.50. The van der Waals surface area contributed by atoms with Gasteiger partial charge >= 0.3 is 5.97 Å². The molecule has 0 bridgehead atoms. The largest absolute Gasteiger partial charge is 0.478 e. The van der Waals surface area contributed by atoms with Gasteiger partial charge in [-0.05, 0) is 59.0 Å². The van der Waals surface area contributed by atoms with Crippen LogP contribution >= 0.6 is 22.6 Å². The van der Waals surface area contributed by atoms with E-state index >= 15 is 0 Å². The lowest BCUT2D eigenvalue weighted by Crippen LogP contribution is -1.98. The summed E-state index contributed by atoms with van der Waals surface area (Å²) in [6, 6.07) is 12.6. The van der Waals surface area contributed by atoms with Gasteiger partial charge in [-0.2, -0.15) is 0 Å². The number of rotatable bonds is 2. The van der Waals surface area contributed by atoms with E-state index in [4.69, 9.17) is 5.11 Å². The molecule has 0 fully saturated rings. The van der Waals surface area contributed by atoms with E-state index in [2.05, 4.69) is 32.9 Å². The van der Waals surface area contributed by atoms with Crippen molar-refractivity contribution in [1.82, 2.24) is 15.0 Å². The molecule has 0 saturated carbocycles. The van der Waals surface area contributed by atoms with E-state index in [1.807, 2.05) is 24.3 Å². The second kappa shape index (κ2) is 4.61. The quantitative estimate of drug-likeness (QED) is 0.710. The zero-order valence-corrected chi connectivity index (χ0v) is 11.8. The molecular weight excluding hydrogens is 357 g/mol. The Labute approximate surface area is 122 Å². The van der Waals surface area contributed by atoms with E-state index in [0.717, 1.165) is 14.8 Å². The van der Waals surface area contributed by atoms with Crippen LogP contribution in [0.25, 0.3) is 16.7 Å². The number of hydrogen-bond donors (Lipinski definition) is 1. The molecule has 3 rings (SSSR count). The third-order valence-corrected chi connectivity index (χ3v) is 3.42. The Kier molecular flexibility index (Phi) is 2.94. The Hall–Kier alpha value is -1.96. The van der Waals surface area contributed by atoms with Gasteiger partial charge in [0.1, 0.15) is 5.52 Å². The van der Waals surface area contributed by atoms with E-state index in [1.54, 1.807) is 16.8 Å². The summed E-state index contributed by atoms with van der Waals surface area (Å²) < 4.78 is 2.80. The molecule has 0 spiro atoms. The van der Waals surface area contributed by atoms with Crippen molar-refractivity contribution < 1.29 is 9.90 Å². The number of carbonyl (C=O) groups is 1. The van der Waals surface area contributed by atoms with Gasteiger partial charge in [0, 0.05) is 3.57 Å². The maximum Gasteiger partial charge on any atom is 0.335 e. The third-order valence-electron chi connectivity index (χ3n) is 2.75. The number of nitrogens with zero attached hydrogens (tertiary/aromatic N) is 3. The summed E-state index contributed by atoms with van der Waals surface area (Å²) in [6.07, 6.45) is 0. The molecule has 5 nitrogen and oxygen atoms in total. The van der Waals surface area contributed by atoms with Gasteiger partial charge in [0.2, 0.25) is 0 Å². The number of halogens is 1. The molecule has 0 aliphatic rings. The first-order chi connectivity index (χ1) is 9.15. The minimum absolute atomic E-state index is 0.210. The first-order valence-corrected chi connectivity index (χ1v) is 6.58. The molecular formula is C13H8IN3O2. The van der Waals surface area contributed by atoms with Crippen LogP contribution in [0.2, 0.25) is 0 Å². The number of benzene rings is 2. The lowest BCUT2D eigenvalue weighted by Gasteiger charge is -2.02. The van der Waals surface area contributed by atoms with Gasteiger partial charge in [0.15, 0.2) is 0 Å². The van der Waals surface area contributed by atoms with Crippen molar-refractivity contribution in [2.75, 3.05) is 0 Å². The van der Waals surface area contributed by atoms with E-state index < -0.39 is 5.97 Å². The highest BCUT2D eigenvalue weighted by atomic mass is 127. The van der Waals surface area contributed by atoms with E-state index in [9.17, 15) is 4.79 Å². The number of aromatic carboxylic acids is 1. The number of aromatic nitrogens is 3. The Bertz CT molecular complexity index is 782. The lowest BCUT2D eigenvalue weighted by atomic mass is 10.2. The molecule has 1 N–H and O–H groups in total. The maximum absolute atomic E-state index is 10.9. The van der Waals surface area contributed by atoms with Crippen LogP contribution in [0.3, 0.4) is 0 Å².